The van der Waals surface area contributed by atoms with Crippen LogP contribution in [0.5, 0.6) is 5.75 Å². The molecule has 2 N–H and O–H groups in total. The second kappa shape index (κ2) is 10.2. The van der Waals surface area contributed by atoms with Crippen molar-refractivity contribution in [3.8, 4) is 5.75 Å². The third-order valence-corrected chi connectivity index (χ3v) is 6.37. The van der Waals surface area contributed by atoms with Gasteiger partial charge in [-0.1, -0.05) is 24.3 Å². The van der Waals surface area contributed by atoms with Gasteiger partial charge >= 0.3 is 6.36 Å². The number of likely N-dealkylation sites (tertiary alicyclic amines) is 1. The lowest BCUT2D eigenvalue weighted by Crippen LogP contribution is -2.38. The molecule has 4 rings (SSSR count). The summed E-state index contributed by atoms with van der Waals surface area (Å²) in [5, 5.41) is 0.305. The average Bonchev–Trinajstić information content (AvgIpc) is 3.21. The SMILES string of the molecule is NCc1ccc(F)c(C2CCN(C(=O)c3cn(CCCF)c4c(OC(F)(F)F)cccc34)CC2)c1. The first-order valence-electron chi connectivity index (χ1n) is 11.4. The van der Waals surface area contributed by atoms with E-state index in [1.54, 1.807) is 23.1 Å². The number of aryl methyl sites for hydroxylation is 1. The Kier molecular flexibility index (Phi) is 7.30. The number of nitrogens with two attached hydrogens (primary N) is 1. The van der Waals surface area contributed by atoms with E-state index in [0.717, 1.165) is 5.56 Å². The van der Waals surface area contributed by atoms with Crippen molar-refractivity contribution in [3.05, 3.63) is 65.1 Å². The van der Waals surface area contributed by atoms with Crippen LogP contribution in [-0.4, -0.2) is 41.5 Å². The van der Waals surface area contributed by atoms with Gasteiger partial charge < -0.3 is 19.9 Å². The number of fused-ring (bicyclic) bond motifs is 1. The average molecular weight is 495 g/mol. The highest BCUT2D eigenvalue weighted by atomic mass is 19.4. The first kappa shape index (κ1) is 25.0. The summed E-state index contributed by atoms with van der Waals surface area (Å²) in [4.78, 5) is 15.0. The van der Waals surface area contributed by atoms with E-state index in [1.165, 1.54) is 29.0 Å². The summed E-state index contributed by atoms with van der Waals surface area (Å²) >= 11 is 0. The van der Waals surface area contributed by atoms with Crippen molar-refractivity contribution in [1.29, 1.82) is 0 Å². The zero-order valence-corrected chi connectivity index (χ0v) is 19.0. The Morgan fingerprint density at radius 3 is 2.54 bits per heavy atom. The van der Waals surface area contributed by atoms with Crippen molar-refractivity contribution in [2.75, 3.05) is 19.8 Å². The van der Waals surface area contributed by atoms with Crippen LogP contribution < -0.4 is 10.5 Å². The number of nitrogens with zero attached hydrogens (tertiary/aromatic N) is 2. The molecule has 0 radical (unpaired) electrons. The van der Waals surface area contributed by atoms with E-state index in [1.807, 2.05) is 0 Å². The van der Waals surface area contributed by atoms with Crippen molar-refractivity contribution in [2.45, 2.75) is 44.6 Å². The van der Waals surface area contributed by atoms with Crippen LogP contribution in [0.2, 0.25) is 0 Å². The van der Waals surface area contributed by atoms with Gasteiger partial charge in [0, 0.05) is 37.8 Å². The molecule has 1 aliphatic rings. The van der Waals surface area contributed by atoms with Crippen LogP contribution >= 0.6 is 0 Å². The molecule has 1 amide bonds. The molecule has 1 aliphatic heterocycles. The lowest BCUT2D eigenvalue weighted by atomic mass is 9.88. The molecule has 2 heterocycles. The largest absolute Gasteiger partial charge is 0.573 e. The Morgan fingerprint density at radius 1 is 1.14 bits per heavy atom. The molecule has 3 aromatic rings. The predicted molar refractivity (Wildman–Crippen MR) is 121 cm³/mol. The lowest BCUT2D eigenvalue weighted by Gasteiger charge is -2.32. The number of para-hydroxylation sites is 1. The van der Waals surface area contributed by atoms with Crippen molar-refractivity contribution < 1.29 is 31.5 Å². The van der Waals surface area contributed by atoms with Crippen LogP contribution in [0.1, 0.15) is 46.7 Å². The standard InChI is InChI=1S/C25H26F5N3O2/c26-9-2-10-33-15-20(18-3-1-4-22(23(18)33)35-25(28,29)30)24(34)32-11-7-17(8-12-32)19-13-16(14-31)5-6-21(19)27/h1,3-6,13,15,17H,2,7-12,14,31H2. The molecule has 2 aromatic carbocycles. The summed E-state index contributed by atoms with van der Waals surface area (Å²) in [6.07, 6.45) is -2.29. The number of amides is 1. The zero-order valence-electron chi connectivity index (χ0n) is 19.0. The van der Waals surface area contributed by atoms with Gasteiger partial charge in [-0.2, -0.15) is 0 Å². The number of halogens is 5. The molecule has 0 spiro atoms. The Morgan fingerprint density at radius 2 is 1.89 bits per heavy atom. The fourth-order valence-corrected chi connectivity index (χ4v) is 4.71. The van der Waals surface area contributed by atoms with Gasteiger partial charge in [-0.3, -0.25) is 9.18 Å². The first-order valence-corrected chi connectivity index (χ1v) is 11.4. The first-order chi connectivity index (χ1) is 16.7. The molecule has 5 nitrogen and oxygen atoms in total. The van der Waals surface area contributed by atoms with Gasteiger partial charge in [0.15, 0.2) is 5.75 Å². The number of benzene rings is 2. The van der Waals surface area contributed by atoms with Crippen LogP contribution in [0.4, 0.5) is 22.0 Å². The van der Waals surface area contributed by atoms with Crippen LogP contribution in [0.25, 0.3) is 10.9 Å². The molecule has 0 unspecified atom stereocenters. The quantitative estimate of drug-likeness (QED) is 0.440. The normalized spacial score (nSPS) is 15.1. The van der Waals surface area contributed by atoms with E-state index in [-0.39, 0.29) is 41.7 Å². The monoisotopic (exact) mass is 495 g/mol. The van der Waals surface area contributed by atoms with Crippen molar-refractivity contribution >= 4 is 16.8 Å². The highest BCUT2D eigenvalue weighted by Gasteiger charge is 2.33. The summed E-state index contributed by atoms with van der Waals surface area (Å²) in [6.45, 7) is 0.479. The lowest BCUT2D eigenvalue weighted by molar-refractivity contribution is -0.274. The number of hydrogen-bond acceptors (Lipinski definition) is 3. The van der Waals surface area contributed by atoms with Crippen molar-refractivity contribution in [1.82, 2.24) is 9.47 Å². The van der Waals surface area contributed by atoms with E-state index in [9.17, 15) is 26.7 Å². The molecule has 0 aliphatic carbocycles. The Hall–Kier alpha value is -3.14. The van der Waals surface area contributed by atoms with Gasteiger partial charge in [0.25, 0.3) is 5.91 Å². The second-order valence-electron chi connectivity index (χ2n) is 8.61. The third kappa shape index (κ3) is 5.42. The number of hydrogen-bond donors (Lipinski definition) is 1. The smallest absolute Gasteiger partial charge is 0.404 e. The minimum Gasteiger partial charge on any atom is -0.404 e. The third-order valence-electron chi connectivity index (χ3n) is 6.37. The van der Waals surface area contributed by atoms with Crippen molar-refractivity contribution in [3.63, 3.8) is 0 Å². The number of carbonyl (C=O) groups is 1. The molecule has 0 saturated carbocycles. The topological polar surface area (TPSA) is 60.5 Å². The summed E-state index contributed by atoms with van der Waals surface area (Å²) in [6, 6.07) is 8.93. The van der Waals surface area contributed by atoms with Gasteiger partial charge in [-0.15, -0.1) is 13.2 Å². The van der Waals surface area contributed by atoms with E-state index in [0.29, 0.717) is 43.4 Å². The molecule has 188 valence electrons. The van der Waals surface area contributed by atoms with E-state index in [4.69, 9.17) is 5.73 Å². The summed E-state index contributed by atoms with van der Waals surface area (Å²) < 4.78 is 71.7. The maximum atomic E-state index is 14.4. The Labute approximate surface area is 199 Å². The molecule has 35 heavy (non-hydrogen) atoms. The molecule has 0 atom stereocenters. The minimum atomic E-state index is -4.91. The minimum absolute atomic E-state index is 0.0664. The number of alkyl halides is 4. The predicted octanol–water partition coefficient (Wildman–Crippen LogP) is 5.52. The number of aromatic nitrogens is 1. The second-order valence-corrected chi connectivity index (χ2v) is 8.61. The maximum absolute atomic E-state index is 14.4. The van der Waals surface area contributed by atoms with Crippen LogP contribution in [-0.2, 0) is 13.1 Å². The van der Waals surface area contributed by atoms with Gasteiger partial charge in [-0.05, 0) is 48.4 Å². The zero-order chi connectivity index (χ0) is 25.2. The fraction of sp³-hybridized carbons (Fsp3) is 0.400. The summed E-state index contributed by atoms with van der Waals surface area (Å²) in [7, 11) is 0. The van der Waals surface area contributed by atoms with Crippen LogP contribution in [0.15, 0.2) is 42.6 Å². The van der Waals surface area contributed by atoms with Gasteiger partial charge in [0.05, 0.1) is 17.8 Å². The van der Waals surface area contributed by atoms with Crippen LogP contribution in [0, 0.1) is 5.82 Å². The molecular formula is C25H26F5N3O2. The Balaban J connectivity index is 1.59. The van der Waals surface area contributed by atoms with E-state index in [2.05, 4.69) is 4.74 Å². The summed E-state index contributed by atoms with van der Waals surface area (Å²) in [5.74, 6) is -1.15. The van der Waals surface area contributed by atoms with E-state index < -0.39 is 18.8 Å². The molecule has 1 fully saturated rings. The number of ether oxygens (including phenoxy) is 1. The van der Waals surface area contributed by atoms with Crippen molar-refractivity contribution in [2.24, 2.45) is 5.73 Å². The molecule has 1 saturated heterocycles. The fourth-order valence-electron chi connectivity index (χ4n) is 4.71. The summed E-state index contributed by atoms with van der Waals surface area (Å²) in [5.41, 5.74) is 7.41. The molecule has 10 heteroatoms. The highest BCUT2D eigenvalue weighted by Crippen LogP contribution is 2.36. The number of carbonyl (C=O) groups excluding carboxylic acids is 1. The van der Waals surface area contributed by atoms with Gasteiger partial charge in [0.1, 0.15) is 5.82 Å². The highest BCUT2D eigenvalue weighted by molar-refractivity contribution is 6.08. The van der Waals surface area contributed by atoms with Gasteiger partial charge in [-0.25, -0.2) is 4.39 Å². The van der Waals surface area contributed by atoms with Crippen LogP contribution in [0.3, 0.4) is 0 Å². The number of piperidine rings is 1. The Bertz CT molecular complexity index is 1200. The number of rotatable bonds is 7. The maximum Gasteiger partial charge on any atom is 0.573 e. The molecule has 1 aromatic heterocycles. The van der Waals surface area contributed by atoms with E-state index >= 15 is 0 Å². The van der Waals surface area contributed by atoms with Gasteiger partial charge in [0.2, 0.25) is 0 Å². The molecule has 0 bridgehead atoms. The molecular weight excluding hydrogens is 469 g/mol.